The van der Waals surface area contributed by atoms with Crippen LogP contribution >= 0.6 is 11.8 Å². The summed E-state index contributed by atoms with van der Waals surface area (Å²) in [4.78, 5) is 1.39. The van der Waals surface area contributed by atoms with Crippen molar-refractivity contribution in [2.24, 2.45) is 0 Å². The Bertz CT molecular complexity index is 1050. The van der Waals surface area contributed by atoms with Gasteiger partial charge >= 0.3 is 0 Å². The lowest BCUT2D eigenvalue weighted by Gasteiger charge is -2.09. The van der Waals surface area contributed by atoms with Gasteiger partial charge in [-0.25, -0.2) is 13.1 Å². The molecule has 25 heavy (non-hydrogen) atoms. The molecule has 0 unspecified atom stereocenters. The summed E-state index contributed by atoms with van der Waals surface area (Å²) in [6.07, 6.45) is 3.18. The van der Waals surface area contributed by atoms with Crippen LogP contribution in [0.2, 0.25) is 0 Å². The minimum Gasteiger partial charge on any atom is -0.232 e. The Balaban J connectivity index is 2.10. The molecule has 0 amide bonds. The van der Waals surface area contributed by atoms with E-state index in [1.54, 1.807) is 46.8 Å². The monoisotopic (exact) mass is 369 g/mol. The SMILES string of the molecule is CSc1ccc(-n2nc(C#N)cc2-c2ccc(S(C)(=O)=O)cc2)cc1. The molecule has 0 aliphatic heterocycles. The van der Waals surface area contributed by atoms with Crippen molar-refractivity contribution in [2.45, 2.75) is 9.79 Å². The molecule has 0 aliphatic carbocycles. The average Bonchev–Trinajstić information content (AvgIpc) is 3.05. The van der Waals surface area contributed by atoms with Crippen molar-refractivity contribution in [3.05, 3.63) is 60.3 Å². The van der Waals surface area contributed by atoms with Gasteiger partial charge < -0.3 is 0 Å². The molecule has 0 N–H and O–H groups in total. The maximum Gasteiger partial charge on any atom is 0.175 e. The number of nitrogens with zero attached hydrogens (tertiary/aromatic N) is 3. The van der Waals surface area contributed by atoms with Gasteiger partial charge in [-0.3, -0.25) is 0 Å². The van der Waals surface area contributed by atoms with E-state index in [9.17, 15) is 13.7 Å². The molecule has 0 aliphatic rings. The predicted octanol–water partition coefficient (Wildman–Crippen LogP) is 3.54. The molecule has 7 heteroatoms. The molecule has 3 rings (SSSR count). The Labute approximate surface area is 150 Å². The van der Waals surface area contributed by atoms with Crippen molar-refractivity contribution in [1.29, 1.82) is 5.26 Å². The Morgan fingerprint density at radius 2 is 1.72 bits per heavy atom. The first-order chi connectivity index (χ1) is 11.9. The smallest absolute Gasteiger partial charge is 0.175 e. The summed E-state index contributed by atoms with van der Waals surface area (Å²) in [6.45, 7) is 0. The first-order valence-electron chi connectivity index (χ1n) is 7.37. The van der Waals surface area contributed by atoms with E-state index in [1.807, 2.05) is 30.5 Å². The standard InChI is InChI=1S/C18H15N3O2S2/c1-24-16-7-5-15(6-8-16)21-18(11-14(12-19)20-21)13-3-9-17(10-4-13)25(2,22)23/h3-11H,1-2H3. The van der Waals surface area contributed by atoms with Gasteiger partial charge in [0.1, 0.15) is 6.07 Å². The molecule has 2 aromatic carbocycles. The number of hydrogen-bond donors (Lipinski definition) is 0. The van der Waals surface area contributed by atoms with Crippen LogP contribution in [0.5, 0.6) is 0 Å². The highest BCUT2D eigenvalue weighted by molar-refractivity contribution is 7.98. The quantitative estimate of drug-likeness (QED) is 0.658. The molecule has 126 valence electrons. The van der Waals surface area contributed by atoms with Crippen LogP contribution in [0, 0.1) is 11.3 Å². The lowest BCUT2D eigenvalue weighted by Crippen LogP contribution is -2.00. The zero-order valence-corrected chi connectivity index (χ0v) is 15.3. The first-order valence-corrected chi connectivity index (χ1v) is 10.5. The third-order valence-electron chi connectivity index (χ3n) is 3.72. The molecule has 1 aromatic heterocycles. The summed E-state index contributed by atoms with van der Waals surface area (Å²) in [6, 6.07) is 18.2. The van der Waals surface area contributed by atoms with Crippen LogP contribution in [0.15, 0.2) is 64.4 Å². The van der Waals surface area contributed by atoms with Gasteiger partial charge in [-0.2, -0.15) is 10.4 Å². The number of thioether (sulfide) groups is 1. The summed E-state index contributed by atoms with van der Waals surface area (Å²) in [7, 11) is -3.25. The van der Waals surface area contributed by atoms with Crippen LogP contribution in [0.25, 0.3) is 16.9 Å². The van der Waals surface area contributed by atoms with Crippen LogP contribution in [0.3, 0.4) is 0 Å². The molecular formula is C18H15N3O2S2. The largest absolute Gasteiger partial charge is 0.232 e. The Kier molecular flexibility index (Phi) is 4.66. The Hall–Kier alpha value is -2.56. The second-order valence-corrected chi connectivity index (χ2v) is 8.33. The van der Waals surface area contributed by atoms with E-state index in [1.165, 1.54) is 6.26 Å². The molecule has 0 spiro atoms. The van der Waals surface area contributed by atoms with E-state index in [2.05, 4.69) is 11.2 Å². The van der Waals surface area contributed by atoms with Crippen molar-refractivity contribution in [2.75, 3.05) is 12.5 Å². The van der Waals surface area contributed by atoms with Gasteiger partial charge in [0.2, 0.25) is 0 Å². The van der Waals surface area contributed by atoms with Gasteiger partial charge in [-0.05, 0) is 42.7 Å². The van der Waals surface area contributed by atoms with E-state index in [0.717, 1.165) is 21.8 Å². The fraction of sp³-hybridized carbons (Fsp3) is 0.111. The van der Waals surface area contributed by atoms with Crippen molar-refractivity contribution in [3.63, 3.8) is 0 Å². The van der Waals surface area contributed by atoms with Gasteiger partial charge in [-0.1, -0.05) is 12.1 Å². The van der Waals surface area contributed by atoms with Gasteiger partial charge in [0.25, 0.3) is 0 Å². The van der Waals surface area contributed by atoms with E-state index in [0.29, 0.717) is 5.69 Å². The second kappa shape index (κ2) is 6.75. The molecule has 0 bridgehead atoms. The highest BCUT2D eigenvalue weighted by atomic mass is 32.2. The average molecular weight is 369 g/mol. The summed E-state index contributed by atoms with van der Waals surface area (Å²) >= 11 is 1.65. The van der Waals surface area contributed by atoms with E-state index in [-0.39, 0.29) is 4.90 Å². The van der Waals surface area contributed by atoms with Crippen molar-refractivity contribution >= 4 is 21.6 Å². The zero-order valence-electron chi connectivity index (χ0n) is 13.7. The molecule has 0 atom stereocenters. The highest BCUT2D eigenvalue weighted by Gasteiger charge is 2.13. The molecule has 0 saturated heterocycles. The second-order valence-electron chi connectivity index (χ2n) is 5.43. The summed E-state index contributed by atoms with van der Waals surface area (Å²) < 4.78 is 24.9. The number of rotatable bonds is 4. The van der Waals surface area contributed by atoms with Crippen LogP contribution in [-0.2, 0) is 9.84 Å². The zero-order chi connectivity index (χ0) is 18.0. The van der Waals surface area contributed by atoms with Crippen molar-refractivity contribution < 1.29 is 8.42 Å². The normalized spacial score (nSPS) is 11.2. The fourth-order valence-corrected chi connectivity index (χ4v) is 3.47. The van der Waals surface area contributed by atoms with Gasteiger partial charge in [0.15, 0.2) is 15.5 Å². The lowest BCUT2D eigenvalue weighted by atomic mass is 10.1. The molecular weight excluding hydrogens is 354 g/mol. The van der Waals surface area contributed by atoms with Crippen LogP contribution in [0.4, 0.5) is 0 Å². The Morgan fingerprint density at radius 3 is 2.24 bits per heavy atom. The molecule has 0 saturated carbocycles. The topological polar surface area (TPSA) is 75.8 Å². The van der Waals surface area contributed by atoms with Gasteiger partial charge in [0, 0.05) is 22.8 Å². The summed E-state index contributed by atoms with van der Waals surface area (Å²) in [5.74, 6) is 0. The predicted molar refractivity (Wildman–Crippen MR) is 98.6 cm³/mol. The molecule has 0 fully saturated rings. The van der Waals surface area contributed by atoms with E-state index < -0.39 is 9.84 Å². The molecule has 0 radical (unpaired) electrons. The van der Waals surface area contributed by atoms with Crippen LogP contribution in [-0.4, -0.2) is 30.7 Å². The van der Waals surface area contributed by atoms with Gasteiger partial charge in [0.05, 0.1) is 16.3 Å². The maximum atomic E-state index is 11.6. The Morgan fingerprint density at radius 1 is 1.08 bits per heavy atom. The van der Waals surface area contributed by atoms with Crippen molar-refractivity contribution in [1.82, 2.24) is 9.78 Å². The molecule has 3 aromatic rings. The maximum absolute atomic E-state index is 11.6. The number of sulfone groups is 1. The highest BCUT2D eigenvalue weighted by Crippen LogP contribution is 2.26. The van der Waals surface area contributed by atoms with E-state index >= 15 is 0 Å². The number of aromatic nitrogens is 2. The summed E-state index contributed by atoms with van der Waals surface area (Å²) in [5.41, 5.74) is 2.65. The van der Waals surface area contributed by atoms with Crippen molar-refractivity contribution in [3.8, 4) is 23.0 Å². The number of benzene rings is 2. The van der Waals surface area contributed by atoms with Crippen LogP contribution < -0.4 is 0 Å². The lowest BCUT2D eigenvalue weighted by molar-refractivity contribution is 0.602. The fourth-order valence-electron chi connectivity index (χ4n) is 2.43. The minimum absolute atomic E-state index is 0.257. The third-order valence-corrected chi connectivity index (χ3v) is 5.59. The first kappa shape index (κ1) is 17.3. The summed E-state index contributed by atoms with van der Waals surface area (Å²) in [5, 5.41) is 13.5. The number of hydrogen-bond acceptors (Lipinski definition) is 5. The van der Waals surface area contributed by atoms with E-state index in [4.69, 9.17) is 0 Å². The molecule has 1 heterocycles. The molecule has 5 nitrogen and oxygen atoms in total. The number of nitriles is 1. The van der Waals surface area contributed by atoms with Crippen LogP contribution in [0.1, 0.15) is 5.69 Å². The third kappa shape index (κ3) is 3.60. The minimum atomic E-state index is -3.25. The van der Waals surface area contributed by atoms with Gasteiger partial charge in [-0.15, -0.1) is 11.8 Å².